The smallest absolute Gasteiger partial charge is 0.0960 e. The van der Waals surface area contributed by atoms with Crippen LogP contribution in [-0.2, 0) is 24.0 Å². The van der Waals surface area contributed by atoms with Crippen molar-refractivity contribution in [3.8, 4) is 0 Å². The molecule has 1 atom stereocenters. The van der Waals surface area contributed by atoms with Gasteiger partial charge in [0.15, 0.2) is 0 Å². The predicted molar refractivity (Wildman–Crippen MR) is 67.0 cm³/mol. The van der Waals surface area contributed by atoms with Crippen LogP contribution in [0.3, 0.4) is 0 Å². The molecular weight excluding hydrogens is 218 g/mol. The number of hydrogen-bond acceptors (Lipinski definition) is 3. The maximum absolute atomic E-state index is 5.83. The number of hydrogen-bond donors (Lipinski definition) is 1. The number of aryl methyl sites for hydroxylation is 1. The Morgan fingerprint density at radius 3 is 2.88 bits per heavy atom. The first-order valence-corrected chi connectivity index (χ1v) is 7.16. The summed E-state index contributed by atoms with van der Waals surface area (Å²) in [5.74, 6) is 0. The van der Waals surface area contributed by atoms with Gasteiger partial charge in [-0.2, -0.15) is 0 Å². The molecule has 0 aromatic carbocycles. The number of fused-ring (bicyclic) bond motifs is 3. The molecule has 2 heterocycles. The second-order valence-corrected chi connectivity index (χ2v) is 5.94. The molecule has 0 fully saturated rings. The monoisotopic (exact) mass is 237 g/mol. The molecule has 0 spiro atoms. The molecule has 0 bridgehead atoms. The van der Waals surface area contributed by atoms with Gasteiger partial charge in [-0.1, -0.05) is 6.42 Å². The van der Waals surface area contributed by atoms with Crippen LogP contribution in [0.4, 0.5) is 0 Å². The summed E-state index contributed by atoms with van der Waals surface area (Å²) >= 11 is 2.03. The SMILES string of the molecule is NCC1OCCc2sc3c(c21)CCCCC3. The van der Waals surface area contributed by atoms with Gasteiger partial charge in [-0.3, -0.25) is 0 Å². The minimum absolute atomic E-state index is 0.182. The lowest BCUT2D eigenvalue weighted by molar-refractivity contribution is 0.0491. The summed E-state index contributed by atoms with van der Waals surface area (Å²) in [4.78, 5) is 3.19. The summed E-state index contributed by atoms with van der Waals surface area (Å²) < 4.78 is 5.80. The molecule has 3 heteroatoms. The van der Waals surface area contributed by atoms with Crippen molar-refractivity contribution >= 4 is 11.3 Å². The fourth-order valence-corrected chi connectivity index (χ4v) is 4.38. The number of rotatable bonds is 1. The summed E-state index contributed by atoms with van der Waals surface area (Å²) in [6, 6.07) is 0. The van der Waals surface area contributed by atoms with Gasteiger partial charge in [-0.15, -0.1) is 11.3 Å². The lowest BCUT2D eigenvalue weighted by atomic mass is 9.97. The van der Waals surface area contributed by atoms with Gasteiger partial charge >= 0.3 is 0 Å². The Hall–Kier alpha value is -0.380. The Kier molecular flexibility index (Phi) is 3.01. The maximum Gasteiger partial charge on any atom is 0.0960 e. The standard InChI is InChI=1S/C13H19NOS/c14-8-10-13-9-4-2-1-3-5-11(9)16-12(13)6-7-15-10/h10H,1-8,14H2. The third-order valence-corrected chi connectivity index (χ3v) is 5.09. The third kappa shape index (κ3) is 1.71. The third-order valence-electron chi connectivity index (χ3n) is 3.72. The van der Waals surface area contributed by atoms with Gasteiger partial charge in [0.1, 0.15) is 0 Å². The van der Waals surface area contributed by atoms with E-state index < -0.39 is 0 Å². The van der Waals surface area contributed by atoms with Crippen LogP contribution in [0.1, 0.15) is 46.2 Å². The van der Waals surface area contributed by atoms with Crippen LogP contribution in [-0.4, -0.2) is 13.2 Å². The summed E-state index contributed by atoms with van der Waals surface area (Å²) in [7, 11) is 0. The highest BCUT2D eigenvalue weighted by Gasteiger charge is 2.28. The van der Waals surface area contributed by atoms with Gasteiger partial charge in [-0.05, 0) is 36.8 Å². The Balaban J connectivity index is 2.05. The molecule has 0 saturated carbocycles. The molecule has 3 rings (SSSR count). The number of ether oxygens (including phenoxy) is 1. The van der Waals surface area contributed by atoms with Crippen LogP contribution in [0.2, 0.25) is 0 Å². The lowest BCUT2D eigenvalue weighted by Crippen LogP contribution is -2.22. The molecule has 0 saturated heterocycles. The summed E-state index contributed by atoms with van der Waals surface area (Å²) in [5, 5.41) is 0. The van der Waals surface area contributed by atoms with Crippen LogP contribution in [0, 0.1) is 0 Å². The second kappa shape index (κ2) is 4.47. The highest BCUT2D eigenvalue weighted by Crippen LogP contribution is 2.40. The molecule has 2 aliphatic rings. The van der Waals surface area contributed by atoms with Gasteiger partial charge in [0.05, 0.1) is 12.7 Å². The molecule has 88 valence electrons. The van der Waals surface area contributed by atoms with E-state index in [1.807, 2.05) is 11.3 Å². The van der Waals surface area contributed by atoms with Crippen LogP contribution in [0.5, 0.6) is 0 Å². The summed E-state index contributed by atoms with van der Waals surface area (Å²) in [6.07, 6.45) is 7.90. The van der Waals surface area contributed by atoms with E-state index >= 15 is 0 Å². The molecule has 2 nitrogen and oxygen atoms in total. The first kappa shape index (κ1) is 10.8. The fraction of sp³-hybridized carbons (Fsp3) is 0.692. The van der Waals surface area contributed by atoms with Crippen molar-refractivity contribution < 1.29 is 4.74 Å². The van der Waals surface area contributed by atoms with Gasteiger partial charge < -0.3 is 10.5 Å². The van der Waals surface area contributed by atoms with E-state index in [0.717, 1.165) is 13.0 Å². The van der Waals surface area contributed by atoms with Crippen molar-refractivity contribution in [2.45, 2.75) is 44.6 Å². The highest BCUT2D eigenvalue weighted by atomic mass is 32.1. The largest absolute Gasteiger partial charge is 0.372 e. The van der Waals surface area contributed by atoms with E-state index in [0.29, 0.717) is 6.54 Å². The zero-order chi connectivity index (χ0) is 11.0. The van der Waals surface area contributed by atoms with Crippen molar-refractivity contribution in [3.63, 3.8) is 0 Å². The molecule has 2 N–H and O–H groups in total. The van der Waals surface area contributed by atoms with Crippen LogP contribution < -0.4 is 5.73 Å². The number of nitrogens with two attached hydrogens (primary N) is 1. The first-order valence-electron chi connectivity index (χ1n) is 6.35. The normalized spacial score (nSPS) is 24.7. The molecule has 1 aromatic rings. The first-order chi connectivity index (χ1) is 7.90. The molecular formula is C13H19NOS. The second-order valence-electron chi connectivity index (χ2n) is 4.75. The van der Waals surface area contributed by atoms with E-state index in [4.69, 9.17) is 10.5 Å². The van der Waals surface area contributed by atoms with E-state index in [1.165, 1.54) is 37.7 Å². The minimum Gasteiger partial charge on any atom is -0.372 e. The summed E-state index contributed by atoms with van der Waals surface area (Å²) in [6.45, 7) is 1.49. The van der Waals surface area contributed by atoms with Crippen LogP contribution in [0.25, 0.3) is 0 Å². The Morgan fingerprint density at radius 1 is 1.12 bits per heavy atom. The molecule has 0 radical (unpaired) electrons. The number of thiophene rings is 1. The average molecular weight is 237 g/mol. The zero-order valence-corrected chi connectivity index (χ0v) is 10.4. The van der Waals surface area contributed by atoms with Gasteiger partial charge in [0, 0.05) is 22.7 Å². The van der Waals surface area contributed by atoms with Gasteiger partial charge in [-0.25, -0.2) is 0 Å². The van der Waals surface area contributed by atoms with Crippen LogP contribution >= 0.6 is 11.3 Å². The maximum atomic E-state index is 5.83. The molecule has 1 aliphatic carbocycles. The van der Waals surface area contributed by atoms with E-state index in [9.17, 15) is 0 Å². The topological polar surface area (TPSA) is 35.2 Å². The van der Waals surface area contributed by atoms with E-state index in [1.54, 1.807) is 15.3 Å². The van der Waals surface area contributed by atoms with Crippen LogP contribution in [0.15, 0.2) is 0 Å². The molecule has 0 amide bonds. The molecule has 1 aliphatic heterocycles. The quantitative estimate of drug-likeness (QED) is 0.762. The van der Waals surface area contributed by atoms with Gasteiger partial charge in [0.25, 0.3) is 0 Å². The molecule has 16 heavy (non-hydrogen) atoms. The Morgan fingerprint density at radius 2 is 2.00 bits per heavy atom. The Bertz CT molecular complexity index is 386. The fourth-order valence-electron chi connectivity index (χ4n) is 2.95. The van der Waals surface area contributed by atoms with E-state index in [-0.39, 0.29) is 6.10 Å². The summed E-state index contributed by atoms with van der Waals surface area (Å²) in [5.41, 5.74) is 8.92. The highest BCUT2D eigenvalue weighted by molar-refractivity contribution is 7.12. The van der Waals surface area contributed by atoms with Crippen molar-refractivity contribution in [3.05, 3.63) is 20.9 Å². The Labute approximate surface area is 101 Å². The predicted octanol–water partition coefficient (Wildman–Crippen LogP) is 2.59. The van der Waals surface area contributed by atoms with Crippen molar-refractivity contribution in [1.29, 1.82) is 0 Å². The van der Waals surface area contributed by atoms with Crippen molar-refractivity contribution in [1.82, 2.24) is 0 Å². The average Bonchev–Trinajstić information content (AvgIpc) is 2.52. The van der Waals surface area contributed by atoms with Crippen molar-refractivity contribution in [2.75, 3.05) is 13.2 Å². The molecule has 1 aromatic heterocycles. The molecule has 1 unspecified atom stereocenters. The van der Waals surface area contributed by atoms with E-state index in [2.05, 4.69) is 0 Å². The lowest BCUT2D eigenvalue weighted by Gasteiger charge is -2.23. The van der Waals surface area contributed by atoms with Gasteiger partial charge in [0.2, 0.25) is 0 Å². The zero-order valence-electron chi connectivity index (χ0n) is 9.63. The minimum atomic E-state index is 0.182. The van der Waals surface area contributed by atoms with Crippen molar-refractivity contribution in [2.24, 2.45) is 5.73 Å².